The maximum absolute atomic E-state index is 13.1. The third-order valence-corrected chi connectivity index (χ3v) is 3.23. The first-order valence-corrected chi connectivity index (χ1v) is 6.88. The maximum Gasteiger partial charge on any atom is 0.251 e. The minimum Gasteiger partial charge on any atom is -0.493 e. The van der Waals surface area contributed by atoms with Crippen molar-refractivity contribution in [1.29, 1.82) is 0 Å². The molecule has 0 saturated heterocycles. The van der Waals surface area contributed by atoms with Crippen LogP contribution in [0.4, 0.5) is 4.39 Å². The van der Waals surface area contributed by atoms with E-state index in [0.29, 0.717) is 30.0 Å². The van der Waals surface area contributed by atoms with Gasteiger partial charge in [0, 0.05) is 12.1 Å². The number of hydrogen-bond donors (Lipinski definition) is 1. The van der Waals surface area contributed by atoms with Crippen molar-refractivity contribution in [2.24, 2.45) is 0 Å². The summed E-state index contributed by atoms with van der Waals surface area (Å²) in [5.74, 6) is 0.583. The highest BCUT2D eigenvalue weighted by atomic mass is 19.1. The van der Waals surface area contributed by atoms with E-state index >= 15 is 0 Å². The lowest BCUT2D eigenvalue weighted by Crippen LogP contribution is -2.25. The first kappa shape index (κ1) is 15.8. The number of nitrogens with one attached hydrogen (secondary N) is 1. The van der Waals surface area contributed by atoms with Crippen LogP contribution in [0.1, 0.15) is 15.9 Å². The Morgan fingerprint density at radius 1 is 1.09 bits per heavy atom. The molecule has 0 spiro atoms. The summed E-state index contributed by atoms with van der Waals surface area (Å²) in [4.78, 5) is 12.1. The van der Waals surface area contributed by atoms with Crippen LogP contribution in [0.25, 0.3) is 0 Å². The lowest BCUT2D eigenvalue weighted by molar-refractivity contribution is 0.0953. The summed E-state index contributed by atoms with van der Waals surface area (Å²) < 4.78 is 23.4. The highest BCUT2D eigenvalue weighted by molar-refractivity contribution is 5.94. The maximum atomic E-state index is 13.1. The number of rotatable bonds is 6. The zero-order valence-electron chi connectivity index (χ0n) is 12.6. The summed E-state index contributed by atoms with van der Waals surface area (Å²) in [6.07, 6.45) is 0.566. The van der Waals surface area contributed by atoms with Gasteiger partial charge in [-0.3, -0.25) is 4.79 Å². The number of ether oxygens (including phenoxy) is 2. The fourth-order valence-corrected chi connectivity index (χ4v) is 2.09. The van der Waals surface area contributed by atoms with Crippen molar-refractivity contribution in [3.05, 3.63) is 59.4 Å². The Morgan fingerprint density at radius 3 is 2.55 bits per heavy atom. The fourth-order valence-electron chi connectivity index (χ4n) is 2.09. The standard InChI is InChI=1S/C17H18FNO3/c1-21-15-7-6-13(11-16(15)22-2)17(20)19-9-8-12-4-3-5-14(18)10-12/h3-7,10-11H,8-9H2,1-2H3,(H,19,20). The molecule has 0 radical (unpaired) electrons. The van der Waals surface area contributed by atoms with Gasteiger partial charge in [0.25, 0.3) is 5.91 Å². The molecular formula is C17H18FNO3. The van der Waals surface area contributed by atoms with E-state index < -0.39 is 0 Å². The summed E-state index contributed by atoms with van der Waals surface area (Å²) >= 11 is 0. The molecule has 1 amide bonds. The first-order valence-electron chi connectivity index (χ1n) is 6.88. The van der Waals surface area contributed by atoms with E-state index in [-0.39, 0.29) is 11.7 Å². The molecule has 0 saturated carbocycles. The minimum absolute atomic E-state index is 0.211. The Morgan fingerprint density at radius 2 is 1.86 bits per heavy atom. The van der Waals surface area contributed by atoms with Gasteiger partial charge in [0.05, 0.1) is 14.2 Å². The van der Waals surface area contributed by atoms with Crippen molar-refractivity contribution in [2.45, 2.75) is 6.42 Å². The van der Waals surface area contributed by atoms with E-state index in [2.05, 4.69) is 5.32 Å². The average Bonchev–Trinajstić information content (AvgIpc) is 2.54. The molecule has 2 rings (SSSR count). The topological polar surface area (TPSA) is 47.6 Å². The summed E-state index contributed by atoms with van der Waals surface area (Å²) in [7, 11) is 3.06. The molecule has 4 nitrogen and oxygen atoms in total. The highest BCUT2D eigenvalue weighted by Crippen LogP contribution is 2.27. The van der Waals surface area contributed by atoms with E-state index in [1.807, 2.05) is 6.07 Å². The van der Waals surface area contributed by atoms with Crippen LogP contribution in [0.5, 0.6) is 11.5 Å². The molecule has 22 heavy (non-hydrogen) atoms. The van der Waals surface area contributed by atoms with Gasteiger partial charge in [-0.25, -0.2) is 4.39 Å². The van der Waals surface area contributed by atoms with Crippen molar-refractivity contribution in [2.75, 3.05) is 20.8 Å². The zero-order chi connectivity index (χ0) is 15.9. The number of amides is 1. The number of methoxy groups -OCH3 is 2. The second-order valence-electron chi connectivity index (χ2n) is 4.71. The quantitative estimate of drug-likeness (QED) is 0.892. The van der Waals surface area contributed by atoms with Crippen LogP contribution >= 0.6 is 0 Å². The largest absolute Gasteiger partial charge is 0.493 e. The molecule has 5 heteroatoms. The summed E-state index contributed by atoms with van der Waals surface area (Å²) in [5.41, 5.74) is 1.32. The molecule has 0 bridgehead atoms. The molecular weight excluding hydrogens is 285 g/mol. The molecule has 0 aliphatic carbocycles. The Balaban J connectivity index is 1.95. The number of hydrogen-bond acceptors (Lipinski definition) is 3. The van der Waals surface area contributed by atoms with Crippen molar-refractivity contribution in [3.63, 3.8) is 0 Å². The summed E-state index contributed by atoms with van der Waals surface area (Å²) in [6, 6.07) is 11.3. The van der Waals surface area contributed by atoms with Crippen LogP contribution in [-0.2, 0) is 6.42 Å². The Hall–Kier alpha value is -2.56. The van der Waals surface area contributed by atoms with E-state index in [1.54, 1.807) is 24.3 Å². The van der Waals surface area contributed by atoms with Crippen LogP contribution in [0.3, 0.4) is 0 Å². The van der Waals surface area contributed by atoms with Gasteiger partial charge < -0.3 is 14.8 Å². The SMILES string of the molecule is COc1ccc(C(=O)NCCc2cccc(F)c2)cc1OC. The van der Waals surface area contributed by atoms with Gasteiger partial charge in [0.2, 0.25) is 0 Å². The molecule has 0 aromatic heterocycles. The average molecular weight is 303 g/mol. The van der Waals surface area contributed by atoms with Crippen LogP contribution in [0.15, 0.2) is 42.5 Å². The lowest BCUT2D eigenvalue weighted by Gasteiger charge is -2.10. The first-order chi connectivity index (χ1) is 10.6. The second kappa shape index (κ2) is 7.45. The third-order valence-electron chi connectivity index (χ3n) is 3.23. The molecule has 0 heterocycles. The van der Waals surface area contributed by atoms with Crippen LogP contribution in [-0.4, -0.2) is 26.7 Å². The van der Waals surface area contributed by atoms with Crippen LogP contribution in [0.2, 0.25) is 0 Å². The molecule has 1 N–H and O–H groups in total. The lowest BCUT2D eigenvalue weighted by atomic mass is 10.1. The molecule has 0 fully saturated rings. The van der Waals surface area contributed by atoms with Crippen molar-refractivity contribution >= 4 is 5.91 Å². The Labute approximate surface area is 128 Å². The van der Waals surface area contributed by atoms with Gasteiger partial charge >= 0.3 is 0 Å². The van der Waals surface area contributed by atoms with Crippen LogP contribution < -0.4 is 14.8 Å². The van der Waals surface area contributed by atoms with E-state index in [1.165, 1.54) is 26.4 Å². The van der Waals surface area contributed by atoms with Crippen molar-refractivity contribution in [3.8, 4) is 11.5 Å². The van der Waals surface area contributed by atoms with Gasteiger partial charge in [-0.1, -0.05) is 12.1 Å². The van der Waals surface area contributed by atoms with Crippen LogP contribution in [0, 0.1) is 5.82 Å². The summed E-state index contributed by atoms with van der Waals surface area (Å²) in [5, 5.41) is 2.80. The van der Waals surface area contributed by atoms with Gasteiger partial charge in [-0.2, -0.15) is 0 Å². The Bertz CT molecular complexity index is 658. The van der Waals surface area contributed by atoms with Crippen molar-refractivity contribution in [1.82, 2.24) is 5.32 Å². The monoisotopic (exact) mass is 303 g/mol. The molecule has 0 unspecified atom stereocenters. The van der Waals surface area contributed by atoms with Gasteiger partial charge in [0.1, 0.15) is 5.82 Å². The normalized spacial score (nSPS) is 10.1. The number of halogens is 1. The molecule has 0 aliphatic heterocycles. The highest BCUT2D eigenvalue weighted by Gasteiger charge is 2.10. The fraction of sp³-hybridized carbons (Fsp3) is 0.235. The smallest absolute Gasteiger partial charge is 0.251 e. The molecule has 2 aromatic rings. The van der Waals surface area contributed by atoms with E-state index in [9.17, 15) is 9.18 Å². The summed E-state index contributed by atoms with van der Waals surface area (Å²) in [6.45, 7) is 0.427. The third kappa shape index (κ3) is 3.97. The van der Waals surface area contributed by atoms with E-state index in [4.69, 9.17) is 9.47 Å². The predicted octanol–water partition coefficient (Wildman–Crippen LogP) is 2.82. The van der Waals surface area contributed by atoms with E-state index in [0.717, 1.165) is 5.56 Å². The van der Waals surface area contributed by atoms with Gasteiger partial charge in [-0.15, -0.1) is 0 Å². The second-order valence-corrected chi connectivity index (χ2v) is 4.71. The van der Waals surface area contributed by atoms with Gasteiger partial charge in [0.15, 0.2) is 11.5 Å². The van der Waals surface area contributed by atoms with Gasteiger partial charge in [-0.05, 0) is 42.3 Å². The molecule has 116 valence electrons. The molecule has 0 aliphatic rings. The minimum atomic E-state index is -0.274. The Kier molecular flexibility index (Phi) is 5.36. The predicted molar refractivity (Wildman–Crippen MR) is 82.0 cm³/mol. The number of carbonyl (C=O) groups excluding carboxylic acids is 1. The number of carbonyl (C=O) groups is 1. The number of benzene rings is 2. The molecule has 0 atom stereocenters. The zero-order valence-corrected chi connectivity index (χ0v) is 12.6. The van der Waals surface area contributed by atoms with Crippen molar-refractivity contribution < 1.29 is 18.7 Å². The molecule has 2 aromatic carbocycles.